The molecule has 4 heteroatoms. The Morgan fingerprint density at radius 2 is 2.17 bits per heavy atom. The van der Waals surface area contributed by atoms with E-state index in [0.29, 0.717) is 5.82 Å². The molecule has 18 heavy (non-hydrogen) atoms. The molecule has 0 aliphatic heterocycles. The third kappa shape index (κ3) is 3.60. The SMILES string of the molecule is Cc1cccc(CN(C)CCn2ccc(N)n2)c1. The van der Waals surface area contributed by atoms with Crippen LogP contribution in [0.25, 0.3) is 0 Å². The van der Waals surface area contributed by atoms with Gasteiger partial charge >= 0.3 is 0 Å². The van der Waals surface area contributed by atoms with Crippen LogP contribution in [0.3, 0.4) is 0 Å². The number of anilines is 1. The molecule has 0 bridgehead atoms. The van der Waals surface area contributed by atoms with Gasteiger partial charge in [-0.2, -0.15) is 5.10 Å². The molecule has 0 aliphatic carbocycles. The molecule has 1 aromatic carbocycles. The van der Waals surface area contributed by atoms with Crippen molar-refractivity contribution in [2.24, 2.45) is 0 Å². The number of nitrogens with zero attached hydrogens (tertiary/aromatic N) is 3. The van der Waals surface area contributed by atoms with Crippen LogP contribution in [-0.4, -0.2) is 28.3 Å². The number of nitrogen functional groups attached to an aromatic ring is 1. The molecule has 0 radical (unpaired) electrons. The van der Waals surface area contributed by atoms with Crippen LogP contribution in [-0.2, 0) is 13.1 Å². The van der Waals surface area contributed by atoms with Crippen molar-refractivity contribution in [1.29, 1.82) is 0 Å². The molecule has 2 rings (SSSR count). The number of hydrogen-bond donors (Lipinski definition) is 1. The molecule has 0 saturated carbocycles. The Hall–Kier alpha value is -1.81. The Labute approximate surface area is 108 Å². The Bertz CT molecular complexity index is 504. The molecule has 1 aromatic heterocycles. The van der Waals surface area contributed by atoms with Crippen LogP contribution in [0, 0.1) is 6.92 Å². The summed E-state index contributed by atoms with van der Waals surface area (Å²) in [6.45, 7) is 4.89. The van der Waals surface area contributed by atoms with Gasteiger partial charge in [0.25, 0.3) is 0 Å². The molecule has 1 heterocycles. The van der Waals surface area contributed by atoms with Crippen molar-refractivity contribution in [2.45, 2.75) is 20.0 Å². The average molecular weight is 244 g/mol. The summed E-state index contributed by atoms with van der Waals surface area (Å²) < 4.78 is 1.88. The second-order valence-corrected chi connectivity index (χ2v) is 4.73. The van der Waals surface area contributed by atoms with Crippen LogP contribution in [0.4, 0.5) is 5.82 Å². The minimum atomic E-state index is 0.580. The van der Waals surface area contributed by atoms with Crippen molar-refractivity contribution < 1.29 is 0 Å². The van der Waals surface area contributed by atoms with E-state index in [1.54, 1.807) is 0 Å². The zero-order chi connectivity index (χ0) is 13.0. The maximum Gasteiger partial charge on any atom is 0.145 e. The maximum atomic E-state index is 5.58. The van der Waals surface area contributed by atoms with E-state index in [4.69, 9.17) is 5.73 Å². The van der Waals surface area contributed by atoms with E-state index in [9.17, 15) is 0 Å². The number of nitrogens with two attached hydrogens (primary N) is 1. The highest BCUT2D eigenvalue weighted by atomic mass is 15.3. The van der Waals surface area contributed by atoms with Gasteiger partial charge in [-0.15, -0.1) is 0 Å². The summed E-state index contributed by atoms with van der Waals surface area (Å²) in [5.74, 6) is 0.580. The van der Waals surface area contributed by atoms with Crippen molar-refractivity contribution in [2.75, 3.05) is 19.3 Å². The summed E-state index contributed by atoms with van der Waals surface area (Å²) in [7, 11) is 2.12. The lowest BCUT2D eigenvalue weighted by atomic mass is 10.1. The quantitative estimate of drug-likeness (QED) is 0.874. The Kier molecular flexibility index (Phi) is 3.99. The van der Waals surface area contributed by atoms with Crippen LogP contribution in [0.15, 0.2) is 36.5 Å². The fourth-order valence-corrected chi connectivity index (χ4v) is 1.98. The molecule has 96 valence electrons. The van der Waals surface area contributed by atoms with Gasteiger partial charge in [-0.25, -0.2) is 0 Å². The average Bonchev–Trinajstić information content (AvgIpc) is 2.73. The molecule has 0 fully saturated rings. The summed E-state index contributed by atoms with van der Waals surface area (Å²) in [6.07, 6.45) is 1.91. The largest absolute Gasteiger partial charge is 0.382 e. The maximum absolute atomic E-state index is 5.58. The van der Waals surface area contributed by atoms with Gasteiger partial charge in [0.15, 0.2) is 0 Å². The zero-order valence-corrected chi connectivity index (χ0v) is 11.0. The number of aryl methyl sites for hydroxylation is 1. The summed E-state index contributed by atoms with van der Waals surface area (Å²) >= 11 is 0. The first-order chi connectivity index (χ1) is 8.63. The Balaban J connectivity index is 1.83. The first kappa shape index (κ1) is 12.6. The smallest absolute Gasteiger partial charge is 0.145 e. The Morgan fingerprint density at radius 1 is 1.33 bits per heavy atom. The topological polar surface area (TPSA) is 47.1 Å². The van der Waals surface area contributed by atoms with Crippen LogP contribution in [0.5, 0.6) is 0 Å². The van der Waals surface area contributed by atoms with Gasteiger partial charge < -0.3 is 10.6 Å². The second kappa shape index (κ2) is 5.69. The van der Waals surface area contributed by atoms with Crippen LogP contribution in [0.2, 0.25) is 0 Å². The molecule has 2 aromatic rings. The molecule has 4 nitrogen and oxygen atoms in total. The molecule has 0 amide bonds. The van der Waals surface area contributed by atoms with Crippen molar-refractivity contribution in [3.63, 3.8) is 0 Å². The highest BCUT2D eigenvalue weighted by Gasteiger charge is 2.02. The van der Waals surface area contributed by atoms with Crippen molar-refractivity contribution >= 4 is 5.82 Å². The minimum absolute atomic E-state index is 0.580. The first-order valence-electron chi connectivity index (χ1n) is 6.16. The molecule has 0 saturated heterocycles. The van der Waals surface area contributed by atoms with Crippen molar-refractivity contribution in [3.05, 3.63) is 47.7 Å². The normalized spacial score (nSPS) is 11.1. The highest BCUT2D eigenvalue weighted by Crippen LogP contribution is 2.06. The zero-order valence-electron chi connectivity index (χ0n) is 11.0. The predicted molar refractivity (Wildman–Crippen MR) is 74.2 cm³/mol. The highest BCUT2D eigenvalue weighted by molar-refractivity contribution is 5.23. The second-order valence-electron chi connectivity index (χ2n) is 4.73. The third-order valence-corrected chi connectivity index (χ3v) is 2.91. The number of likely N-dealkylation sites (N-methyl/N-ethyl adjacent to an activating group) is 1. The van der Waals surface area contributed by atoms with Gasteiger partial charge in [0.1, 0.15) is 5.82 Å². The summed E-state index contributed by atoms with van der Waals surface area (Å²) in [4.78, 5) is 2.28. The molecule has 0 spiro atoms. The van der Waals surface area contributed by atoms with E-state index in [1.165, 1.54) is 11.1 Å². The van der Waals surface area contributed by atoms with Crippen molar-refractivity contribution in [1.82, 2.24) is 14.7 Å². The van der Waals surface area contributed by atoms with E-state index < -0.39 is 0 Å². The van der Waals surface area contributed by atoms with Crippen molar-refractivity contribution in [3.8, 4) is 0 Å². The fraction of sp³-hybridized carbons (Fsp3) is 0.357. The lowest BCUT2D eigenvalue weighted by molar-refractivity contribution is 0.305. The van der Waals surface area contributed by atoms with Crippen LogP contribution >= 0.6 is 0 Å². The van der Waals surface area contributed by atoms with Crippen LogP contribution in [0.1, 0.15) is 11.1 Å². The van der Waals surface area contributed by atoms with Gasteiger partial charge in [0.05, 0.1) is 6.54 Å². The lowest BCUT2D eigenvalue weighted by Crippen LogP contribution is -2.23. The minimum Gasteiger partial charge on any atom is -0.382 e. The van der Waals surface area contributed by atoms with E-state index >= 15 is 0 Å². The molecular formula is C14H20N4. The van der Waals surface area contributed by atoms with Gasteiger partial charge in [-0.1, -0.05) is 29.8 Å². The van der Waals surface area contributed by atoms with E-state index in [1.807, 2.05) is 16.9 Å². The molecule has 2 N–H and O–H groups in total. The van der Waals surface area contributed by atoms with Gasteiger partial charge in [-0.05, 0) is 25.6 Å². The number of aromatic nitrogens is 2. The van der Waals surface area contributed by atoms with Crippen LogP contribution < -0.4 is 5.73 Å². The lowest BCUT2D eigenvalue weighted by Gasteiger charge is -2.16. The predicted octanol–water partition coefficient (Wildman–Crippen LogP) is 1.91. The molecule has 0 aliphatic rings. The van der Waals surface area contributed by atoms with E-state index in [0.717, 1.165) is 19.6 Å². The fourth-order valence-electron chi connectivity index (χ4n) is 1.98. The van der Waals surface area contributed by atoms with Gasteiger partial charge in [0, 0.05) is 19.3 Å². The summed E-state index contributed by atoms with van der Waals surface area (Å²) in [6, 6.07) is 10.4. The monoisotopic (exact) mass is 244 g/mol. The molecule has 0 unspecified atom stereocenters. The summed E-state index contributed by atoms with van der Waals surface area (Å²) in [5, 5.41) is 4.17. The van der Waals surface area contributed by atoms with Gasteiger partial charge in [-0.3, -0.25) is 4.68 Å². The summed E-state index contributed by atoms with van der Waals surface area (Å²) in [5.41, 5.74) is 8.23. The van der Waals surface area contributed by atoms with Gasteiger partial charge in [0.2, 0.25) is 0 Å². The number of rotatable bonds is 5. The molecule has 0 atom stereocenters. The first-order valence-corrected chi connectivity index (χ1v) is 6.16. The van der Waals surface area contributed by atoms with E-state index in [-0.39, 0.29) is 0 Å². The standard InChI is InChI=1S/C14H20N4/c1-12-4-3-5-13(10-12)11-17(2)8-9-18-7-6-14(15)16-18/h3-7,10H,8-9,11H2,1-2H3,(H2,15,16). The molecular weight excluding hydrogens is 224 g/mol. The number of hydrogen-bond acceptors (Lipinski definition) is 3. The van der Waals surface area contributed by atoms with E-state index in [2.05, 4.69) is 48.2 Å². The Morgan fingerprint density at radius 3 is 2.83 bits per heavy atom. The third-order valence-electron chi connectivity index (χ3n) is 2.91. The number of benzene rings is 1.